The third-order valence-electron chi connectivity index (χ3n) is 2.65. The van der Waals surface area contributed by atoms with Gasteiger partial charge in [0.05, 0.1) is 0 Å². The van der Waals surface area contributed by atoms with Gasteiger partial charge in [-0.05, 0) is 23.3 Å². The predicted molar refractivity (Wildman–Crippen MR) is 67.8 cm³/mol. The molecule has 0 aliphatic carbocycles. The van der Waals surface area contributed by atoms with Gasteiger partial charge in [-0.1, -0.05) is 54.1 Å². The van der Waals surface area contributed by atoms with Crippen molar-refractivity contribution in [2.75, 3.05) is 0 Å². The highest BCUT2D eigenvalue weighted by Gasteiger charge is 2.19. The first-order chi connectivity index (χ1) is 8.18. The first-order valence-electron chi connectivity index (χ1n) is 5.35. The van der Waals surface area contributed by atoms with Crippen molar-refractivity contribution in [3.05, 3.63) is 70.7 Å². The number of rotatable bonds is 3. The molecular formula is C14H13ClO2. The maximum atomic E-state index is 10.0. The summed E-state index contributed by atoms with van der Waals surface area (Å²) in [7, 11) is 0. The molecule has 0 amide bonds. The van der Waals surface area contributed by atoms with E-state index >= 15 is 0 Å². The maximum Gasteiger partial charge on any atom is 0.109 e. The molecule has 17 heavy (non-hydrogen) atoms. The molecule has 88 valence electrons. The van der Waals surface area contributed by atoms with Crippen LogP contribution in [0.25, 0.3) is 0 Å². The van der Waals surface area contributed by atoms with E-state index in [2.05, 4.69) is 0 Å². The van der Waals surface area contributed by atoms with Crippen molar-refractivity contribution >= 4 is 11.6 Å². The largest absolute Gasteiger partial charge is 0.385 e. The van der Waals surface area contributed by atoms with Gasteiger partial charge in [0.15, 0.2) is 0 Å². The fraction of sp³-hybridized carbons (Fsp3) is 0.143. The smallest absolute Gasteiger partial charge is 0.109 e. The normalized spacial score (nSPS) is 14.3. The van der Waals surface area contributed by atoms with Crippen molar-refractivity contribution in [2.45, 2.75) is 12.2 Å². The summed E-state index contributed by atoms with van der Waals surface area (Å²) in [5, 5.41) is 20.7. The fourth-order valence-electron chi connectivity index (χ4n) is 1.67. The molecule has 0 saturated carbocycles. The van der Waals surface area contributed by atoms with Crippen LogP contribution in [-0.2, 0) is 0 Å². The second kappa shape index (κ2) is 5.32. The molecule has 0 bridgehead atoms. The van der Waals surface area contributed by atoms with Crippen LogP contribution < -0.4 is 0 Å². The molecule has 2 aromatic carbocycles. The van der Waals surface area contributed by atoms with Gasteiger partial charge in [0.1, 0.15) is 12.2 Å². The molecule has 0 heterocycles. The lowest BCUT2D eigenvalue weighted by atomic mass is 9.98. The third-order valence-corrected chi connectivity index (χ3v) is 2.90. The summed E-state index contributed by atoms with van der Waals surface area (Å²) in [5.41, 5.74) is 1.33. The Kier molecular flexibility index (Phi) is 3.79. The van der Waals surface area contributed by atoms with E-state index in [1.807, 2.05) is 18.2 Å². The number of aliphatic hydroxyl groups is 2. The zero-order valence-electron chi connectivity index (χ0n) is 9.12. The molecule has 0 aliphatic rings. The summed E-state index contributed by atoms with van der Waals surface area (Å²) in [5.74, 6) is 0. The van der Waals surface area contributed by atoms with Crippen LogP contribution in [0.4, 0.5) is 0 Å². The van der Waals surface area contributed by atoms with Crippen molar-refractivity contribution in [1.82, 2.24) is 0 Å². The van der Waals surface area contributed by atoms with E-state index in [0.717, 1.165) is 0 Å². The summed E-state index contributed by atoms with van der Waals surface area (Å²) in [6.07, 6.45) is -1.88. The van der Waals surface area contributed by atoms with E-state index in [-0.39, 0.29) is 0 Å². The van der Waals surface area contributed by atoms with Gasteiger partial charge >= 0.3 is 0 Å². The van der Waals surface area contributed by atoms with Gasteiger partial charge in [0, 0.05) is 5.02 Å². The standard InChI is InChI=1S/C14H13ClO2/c15-12-8-6-11(7-9-12)14(17)13(16)10-4-2-1-3-5-10/h1-9,13-14,16-17H/t13-,14?/m1/s1. The van der Waals surface area contributed by atoms with Gasteiger partial charge in [0.2, 0.25) is 0 Å². The Morgan fingerprint density at radius 3 is 1.71 bits per heavy atom. The van der Waals surface area contributed by atoms with Crippen molar-refractivity contribution in [3.63, 3.8) is 0 Å². The van der Waals surface area contributed by atoms with Gasteiger partial charge in [-0.2, -0.15) is 0 Å². The summed E-state index contributed by atoms with van der Waals surface area (Å²) >= 11 is 5.77. The highest BCUT2D eigenvalue weighted by molar-refractivity contribution is 6.30. The molecule has 1 unspecified atom stereocenters. The van der Waals surface area contributed by atoms with E-state index in [4.69, 9.17) is 11.6 Å². The first kappa shape index (κ1) is 12.1. The van der Waals surface area contributed by atoms with E-state index in [1.165, 1.54) is 0 Å². The molecule has 2 N–H and O–H groups in total. The summed E-state index contributed by atoms with van der Waals surface area (Å²) in [6, 6.07) is 15.9. The molecule has 2 atom stereocenters. The summed E-state index contributed by atoms with van der Waals surface area (Å²) < 4.78 is 0. The predicted octanol–water partition coefficient (Wildman–Crippen LogP) is 3.11. The first-order valence-corrected chi connectivity index (χ1v) is 5.73. The van der Waals surface area contributed by atoms with Crippen LogP contribution in [0.15, 0.2) is 54.6 Å². The minimum atomic E-state index is -0.949. The Labute approximate surface area is 105 Å². The van der Waals surface area contributed by atoms with E-state index in [0.29, 0.717) is 16.1 Å². The molecular weight excluding hydrogens is 236 g/mol. The van der Waals surface area contributed by atoms with Crippen molar-refractivity contribution in [3.8, 4) is 0 Å². The van der Waals surface area contributed by atoms with Crippen LogP contribution in [0.5, 0.6) is 0 Å². The molecule has 3 heteroatoms. The number of aliphatic hydroxyl groups excluding tert-OH is 2. The van der Waals surface area contributed by atoms with Crippen LogP contribution in [0.2, 0.25) is 5.02 Å². The molecule has 0 spiro atoms. The molecule has 2 aromatic rings. The Hall–Kier alpha value is -1.35. The van der Waals surface area contributed by atoms with Gasteiger partial charge < -0.3 is 10.2 Å². The molecule has 0 fully saturated rings. The Bertz CT molecular complexity index is 467. The Balaban J connectivity index is 2.20. The van der Waals surface area contributed by atoms with E-state index < -0.39 is 12.2 Å². The third kappa shape index (κ3) is 2.86. The molecule has 0 saturated heterocycles. The second-order valence-corrected chi connectivity index (χ2v) is 4.29. The number of hydrogen-bond acceptors (Lipinski definition) is 2. The monoisotopic (exact) mass is 248 g/mol. The van der Waals surface area contributed by atoms with Gasteiger partial charge in [-0.3, -0.25) is 0 Å². The van der Waals surface area contributed by atoms with Crippen LogP contribution >= 0.6 is 11.6 Å². The topological polar surface area (TPSA) is 40.5 Å². The minimum Gasteiger partial charge on any atom is -0.385 e. The quantitative estimate of drug-likeness (QED) is 0.876. The lowest BCUT2D eigenvalue weighted by Gasteiger charge is -2.18. The average Bonchev–Trinajstić information content (AvgIpc) is 2.39. The maximum absolute atomic E-state index is 10.0. The summed E-state index contributed by atoms with van der Waals surface area (Å²) in [6.45, 7) is 0. The van der Waals surface area contributed by atoms with Gasteiger partial charge in [0.25, 0.3) is 0 Å². The zero-order chi connectivity index (χ0) is 12.3. The molecule has 0 radical (unpaired) electrons. The molecule has 0 aromatic heterocycles. The average molecular weight is 249 g/mol. The highest BCUT2D eigenvalue weighted by Crippen LogP contribution is 2.28. The second-order valence-electron chi connectivity index (χ2n) is 3.85. The number of halogens is 1. The van der Waals surface area contributed by atoms with Crippen molar-refractivity contribution < 1.29 is 10.2 Å². The number of hydrogen-bond donors (Lipinski definition) is 2. The van der Waals surface area contributed by atoms with Crippen LogP contribution in [0, 0.1) is 0 Å². The van der Waals surface area contributed by atoms with Gasteiger partial charge in [-0.15, -0.1) is 0 Å². The molecule has 0 aliphatic heterocycles. The van der Waals surface area contributed by atoms with E-state index in [9.17, 15) is 10.2 Å². The number of benzene rings is 2. The lowest BCUT2D eigenvalue weighted by Crippen LogP contribution is -2.10. The fourth-order valence-corrected chi connectivity index (χ4v) is 1.80. The molecule has 2 rings (SSSR count). The lowest BCUT2D eigenvalue weighted by molar-refractivity contribution is 0.0172. The van der Waals surface area contributed by atoms with Crippen LogP contribution in [0.3, 0.4) is 0 Å². The van der Waals surface area contributed by atoms with Crippen LogP contribution in [0.1, 0.15) is 23.3 Å². The Morgan fingerprint density at radius 1 is 0.706 bits per heavy atom. The van der Waals surface area contributed by atoms with Crippen LogP contribution in [-0.4, -0.2) is 10.2 Å². The Morgan fingerprint density at radius 2 is 1.18 bits per heavy atom. The highest BCUT2D eigenvalue weighted by atomic mass is 35.5. The van der Waals surface area contributed by atoms with Crippen molar-refractivity contribution in [2.24, 2.45) is 0 Å². The van der Waals surface area contributed by atoms with Crippen molar-refractivity contribution in [1.29, 1.82) is 0 Å². The molecule has 2 nitrogen and oxygen atoms in total. The SMILES string of the molecule is OC(c1ccc(Cl)cc1)[C@H](O)c1ccccc1. The minimum absolute atomic E-state index is 0.607. The van der Waals surface area contributed by atoms with Gasteiger partial charge in [-0.25, -0.2) is 0 Å². The van der Waals surface area contributed by atoms with E-state index in [1.54, 1.807) is 36.4 Å². The summed E-state index contributed by atoms with van der Waals surface area (Å²) in [4.78, 5) is 0. The zero-order valence-corrected chi connectivity index (χ0v) is 9.88.